The molecule has 2 aromatic carbocycles. The lowest BCUT2D eigenvalue weighted by molar-refractivity contribution is -0.299. The average molecular weight is 421 g/mol. The summed E-state index contributed by atoms with van der Waals surface area (Å²) in [6, 6.07) is 20.7. The number of carbonyl (C=O) groups is 1. The van der Waals surface area contributed by atoms with E-state index in [4.69, 9.17) is 9.68 Å². The molecule has 1 unspecified atom stereocenters. The molecule has 1 aliphatic rings. The third-order valence-electron chi connectivity index (χ3n) is 5.77. The molecule has 0 saturated heterocycles. The molecule has 4 rings (SSSR count). The SMILES string of the molecule is CON(OC)C(=O)c1cnn2c1N(Cc1ccccc1)C(c1ccccc1)CC2(C)C. The first-order valence-electron chi connectivity index (χ1n) is 10.3. The topological polar surface area (TPSA) is 59.8 Å². The Morgan fingerprint density at radius 3 is 2.29 bits per heavy atom. The maximum Gasteiger partial charge on any atom is 0.309 e. The zero-order valence-corrected chi connectivity index (χ0v) is 18.4. The van der Waals surface area contributed by atoms with Gasteiger partial charge >= 0.3 is 5.91 Å². The van der Waals surface area contributed by atoms with Crippen LogP contribution in [0, 0.1) is 0 Å². The van der Waals surface area contributed by atoms with Crippen LogP contribution in [0.3, 0.4) is 0 Å². The van der Waals surface area contributed by atoms with Gasteiger partial charge in [0, 0.05) is 6.54 Å². The standard InChI is InChI=1S/C24H28N4O3/c1-24(2)15-21(19-13-9-6-10-14-19)26(17-18-11-7-5-8-12-18)22-20(16-25-27(22)24)23(29)28(30-3)31-4/h5-14,16,21H,15,17H2,1-4H3. The molecule has 0 aliphatic carbocycles. The van der Waals surface area contributed by atoms with Crippen LogP contribution in [0.4, 0.5) is 5.82 Å². The Labute approximate surface area is 182 Å². The van der Waals surface area contributed by atoms with Gasteiger partial charge in [-0.15, -0.1) is 0 Å². The first-order valence-corrected chi connectivity index (χ1v) is 10.3. The third kappa shape index (κ3) is 3.94. The monoisotopic (exact) mass is 420 g/mol. The second-order valence-electron chi connectivity index (χ2n) is 8.28. The third-order valence-corrected chi connectivity index (χ3v) is 5.77. The molecule has 7 heteroatoms. The largest absolute Gasteiger partial charge is 0.345 e. The zero-order valence-electron chi connectivity index (χ0n) is 18.4. The summed E-state index contributed by atoms with van der Waals surface area (Å²) >= 11 is 0. The molecule has 0 radical (unpaired) electrons. The van der Waals surface area contributed by atoms with Crippen LogP contribution in [0.1, 0.15) is 47.8 Å². The minimum atomic E-state index is -0.395. The van der Waals surface area contributed by atoms with Gasteiger partial charge in [-0.1, -0.05) is 65.9 Å². The van der Waals surface area contributed by atoms with E-state index in [2.05, 4.69) is 60.2 Å². The van der Waals surface area contributed by atoms with E-state index in [1.165, 1.54) is 19.8 Å². The van der Waals surface area contributed by atoms with Gasteiger partial charge < -0.3 is 4.90 Å². The normalized spacial score (nSPS) is 17.3. The van der Waals surface area contributed by atoms with Gasteiger partial charge in [0.25, 0.3) is 0 Å². The Morgan fingerprint density at radius 1 is 1.06 bits per heavy atom. The zero-order chi connectivity index (χ0) is 22.0. The predicted molar refractivity (Wildman–Crippen MR) is 118 cm³/mol. The number of hydrogen-bond donors (Lipinski definition) is 0. The fraction of sp³-hybridized carbons (Fsp3) is 0.333. The fourth-order valence-corrected chi connectivity index (χ4v) is 4.31. The summed E-state index contributed by atoms with van der Waals surface area (Å²) < 4.78 is 1.95. The van der Waals surface area contributed by atoms with Crippen molar-refractivity contribution in [2.24, 2.45) is 0 Å². The number of aromatic nitrogens is 2. The molecule has 3 aromatic rings. The van der Waals surface area contributed by atoms with Crippen LogP contribution < -0.4 is 4.90 Å². The van der Waals surface area contributed by atoms with Crippen molar-refractivity contribution in [2.75, 3.05) is 19.1 Å². The minimum Gasteiger partial charge on any atom is -0.345 e. The fourth-order valence-electron chi connectivity index (χ4n) is 4.31. The van der Waals surface area contributed by atoms with Gasteiger partial charge in [0.15, 0.2) is 0 Å². The summed E-state index contributed by atoms with van der Waals surface area (Å²) in [4.78, 5) is 25.6. The highest BCUT2D eigenvalue weighted by molar-refractivity contribution is 5.98. The number of amides is 1. The minimum absolute atomic E-state index is 0.0747. The maximum absolute atomic E-state index is 13.2. The van der Waals surface area contributed by atoms with E-state index in [0.717, 1.165) is 23.0 Å². The molecular weight excluding hydrogens is 392 g/mol. The molecule has 1 amide bonds. The van der Waals surface area contributed by atoms with Crippen LogP contribution in [0.15, 0.2) is 66.9 Å². The lowest BCUT2D eigenvalue weighted by Crippen LogP contribution is -2.45. The van der Waals surface area contributed by atoms with Gasteiger partial charge in [0.1, 0.15) is 11.4 Å². The van der Waals surface area contributed by atoms with Crippen molar-refractivity contribution in [1.82, 2.24) is 15.0 Å². The Bertz CT molecular complexity index is 1030. The summed E-state index contributed by atoms with van der Waals surface area (Å²) in [7, 11) is 2.80. The molecule has 0 fully saturated rings. The first kappa shape index (κ1) is 21.1. The molecule has 7 nitrogen and oxygen atoms in total. The Hall–Kier alpha value is -3.16. The van der Waals surface area contributed by atoms with Crippen LogP contribution in [0.5, 0.6) is 0 Å². The van der Waals surface area contributed by atoms with Gasteiger partial charge in [-0.25, -0.2) is 14.4 Å². The number of anilines is 1. The van der Waals surface area contributed by atoms with E-state index < -0.39 is 5.91 Å². The van der Waals surface area contributed by atoms with Crippen LogP contribution in [0.25, 0.3) is 0 Å². The average Bonchev–Trinajstić information content (AvgIpc) is 3.24. The lowest BCUT2D eigenvalue weighted by Gasteiger charge is -2.45. The van der Waals surface area contributed by atoms with E-state index in [-0.39, 0.29) is 11.6 Å². The Kier molecular flexibility index (Phi) is 5.80. The van der Waals surface area contributed by atoms with Crippen LogP contribution in [0.2, 0.25) is 0 Å². The highest BCUT2D eigenvalue weighted by Crippen LogP contribution is 2.45. The first-order chi connectivity index (χ1) is 15.0. The van der Waals surface area contributed by atoms with Crippen LogP contribution >= 0.6 is 0 Å². The van der Waals surface area contributed by atoms with Crippen molar-refractivity contribution in [1.29, 1.82) is 0 Å². The molecule has 0 saturated carbocycles. The Balaban J connectivity index is 1.87. The molecule has 1 aromatic heterocycles. The van der Waals surface area contributed by atoms with E-state index in [1.807, 2.05) is 28.9 Å². The summed E-state index contributed by atoms with van der Waals surface area (Å²) in [5.41, 5.74) is 2.51. The molecule has 1 atom stereocenters. The maximum atomic E-state index is 13.2. The summed E-state index contributed by atoms with van der Waals surface area (Å²) in [5, 5.41) is 5.49. The molecule has 0 spiro atoms. The number of benzene rings is 2. The van der Waals surface area contributed by atoms with Crippen molar-refractivity contribution in [3.8, 4) is 0 Å². The van der Waals surface area contributed by atoms with Crippen molar-refractivity contribution in [2.45, 2.75) is 38.4 Å². The molecule has 0 N–H and O–H groups in total. The summed E-state index contributed by atoms with van der Waals surface area (Å²) in [6.07, 6.45) is 2.46. The number of hydroxylamine groups is 2. The molecular formula is C24H28N4O3. The second-order valence-corrected chi connectivity index (χ2v) is 8.28. The highest BCUT2D eigenvalue weighted by Gasteiger charge is 2.42. The number of rotatable bonds is 6. The van der Waals surface area contributed by atoms with E-state index >= 15 is 0 Å². The predicted octanol–water partition coefficient (Wildman–Crippen LogP) is 4.33. The molecule has 31 heavy (non-hydrogen) atoms. The van der Waals surface area contributed by atoms with Crippen molar-refractivity contribution >= 4 is 11.7 Å². The van der Waals surface area contributed by atoms with Crippen molar-refractivity contribution < 1.29 is 14.5 Å². The number of carbonyl (C=O) groups excluding carboxylic acids is 1. The van der Waals surface area contributed by atoms with Gasteiger partial charge in [0.05, 0.1) is 32.0 Å². The van der Waals surface area contributed by atoms with Crippen molar-refractivity contribution in [3.63, 3.8) is 0 Å². The number of hydrogen-bond acceptors (Lipinski definition) is 5. The highest BCUT2D eigenvalue weighted by atomic mass is 16.9. The van der Waals surface area contributed by atoms with Gasteiger partial charge in [-0.3, -0.25) is 4.79 Å². The summed E-state index contributed by atoms with van der Waals surface area (Å²) in [5.74, 6) is 0.367. The summed E-state index contributed by atoms with van der Waals surface area (Å²) in [6.45, 7) is 4.94. The van der Waals surface area contributed by atoms with Crippen LogP contribution in [-0.2, 0) is 21.8 Å². The van der Waals surface area contributed by atoms with Gasteiger partial charge in [-0.2, -0.15) is 5.10 Å². The van der Waals surface area contributed by atoms with E-state index in [9.17, 15) is 4.79 Å². The van der Waals surface area contributed by atoms with E-state index in [0.29, 0.717) is 12.1 Å². The molecule has 0 bridgehead atoms. The van der Waals surface area contributed by atoms with Gasteiger partial charge in [-0.05, 0) is 31.4 Å². The lowest BCUT2D eigenvalue weighted by atomic mass is 9.87. The van der Waals surface area contributed by atoms with Crippen LogP contribution in [-0.4, -0.2) is 35.1 Å². The van der Waals surface area contributed by atoms with E-state index in [1.54, 1.807) is 6.20 Å². The number of nitrogens with zero attached hydrogens (tertiary/aromatic N) is 4. The number of fused-ring (bicyclic) bond motifs is 1. The Morgan fingerprint density at radius 2 is 1.68 bits per heavy atom. The smallest absolute Gasteiger partial charge is 0.309 e. The second kappa shape index (κ2) is 8.53. The molecule has 2 heterocycles. The van der Waals surface area contributed by atoms with Crippen molar-refractivity contribution in [3.05, 3.63) is 83.6 Å². The molecule has 1 aliphatic heterocycles. The molecule has 162 valence electrons. The van der Waals surface area contributed by atoms with Gasteiger partial charge in [0.2, 0.25) is 0 Å². The quantitative estimate of drug-likeness (QED) is 0.556.